The summed E-state index contributed by atoms with van der Waals surface area (Å²) in [5.41, 5.74) is -0.966. The molecule has 0 aromatic heterocycles. The molecular formula is C41H56Cl2O10. The average molecular weight is 780 g/mol. The van der Waals surface area contributed by atoms with Crippen LogP contribution in [0.25, 0.3) is 0 Å². The predicted molar refractivity (Wildman–Crippen MR) is 193 cm³/mol. The molecule has 8 heterocycles. The fraction of sp³-hybridized carbons (Fsp3) is 0.829. The SMILES string of the molecule is C[C@H]1[C@@H](CC(COC(=O)c2cc(Cl)cc(Cl)c2)C[C@H]2O[C@@H]3OC4(C)CC[C@H]5[C@H](C)CC[C@@H]([C@H]2C)[C@@]35OO4)O[C@@H]2OC3(C)CC[C@H]4[C@H](C)CC[C@@H]1[C@@]24OO3. The first kappa shape index (κ1) is 37.5. The fourth-order valence-electron chi connectivity index (χ4n) is 12.3. The molecule has 0 amide bonds. The molecule has 53 heavy (non-hydrogen) atoms. The second-order valence-corrected chi connectivity index (χ2v) is 19.4. The normalized spacial score (nSPS) is 50.3. The van der Waals surface area contributed by atoms with E-state index in [-0.39, 0.29) is 60.2 Å². The Labute approximate surface area is 323 Å². The van der Waals surface area contributed by atoms with Gasteiger partial charge in [0.25, 0.3) is 0 Å². The molecule has 2 saturated carbocycles. The van der Waals surface area contributed by atoms with Crippen LogP contribution in [0.3, 0.4) is 0 Å². The zero-order valence-corrected chi connectivity index (χ0v) is 33.4. The third-order valence-electron chi connectivity index (χ3n) is 15.3. The van der Waals surface area contributed by atoms with Gasteiger partial charge in [-0.2, -0.15) is 0 Å². The minimum Gasteiger partial charge on any atom is -0.462 e. The number of carbonyl (C=O) groups excluding carboxylic acids is 1. The van der Waals surface area contributed by atoms with Crippen LogP contribution in [0, 0.1) is 53.3 Å². The van der Waals surface area contributed by atoms with Crippen LogP contribution < -0.4 is 0 Å². The molecular weight excluding hydrogens is 723 g/mol. The summed E-state index contributed by atoms with van der Waals surface area (Å²) < 4.78 is 33.6. The van der Waals surface area contributed by atoms with Crippen molar-refractivity contribution in [3.63, 3.8) is 0 Å². The zero-order chi connectivity index (χ0) is 37.1. The van der Waals surface area contributed by atoms with Gasteiger partial charge in [0.15, 0.2) is 23.8 Å². The monoisotopic (exact) mass is 778 g/mol. The highest BCUT2D eigenvalue weighted by atomic mass is 35.5. The van der Waals surface area contributed by atoms with Crippen LogP contribution in [-0.2, 0) is 43.2 Å². The van der Waals surface area contributed by atoms with Crippen molar-refractivity contribution in [1.82, 2.24) is 0 Å². The van der Waals surface area contributed by atoms with E-state index in [0.29, 0.717) is 40.3 Å². The summed E-state index contributed by atoms with van der Waals surface area (Å²) in [6.07, 6.45) is 7.67. The minimum absolute atomic E-state index is 0.0975. The Kier molecular flexibility index (Phi) is 9.58. The van der Waals surface area contributed by atoms with Gasteiger partial charge in [0.2, 0.25) is 11.6 Å². The molecule has 8 aliphatic heterocycles. The Hall–Kier alpha value is -1.05. The third kappa shape index (κ3) is 6.06. The van der Waals surface area contributed by atoms with E-state index in [9.17, 15) is 4.79 Å². The Balaban J connectivity index is 1.00. The molecule has 0 radical (unpaired) electrons. The molecule has 2 aliphatic carbocycles. The number of fused-ring (bicyclic) bond motifs is 4. The van der Waals surface area contributed by atoms with Gasteiger partial charge >= 0.3 is 5.97 Å². The van der Waals surface area contributed by atoms with E-state index in [0.717, 1.165) is 51.4 Å². The smallest absolute Gasteiger partial charge is 0.338 e. The zero-order valence-electron chi connectivity index (χ0n) is 31.9. The van der Waals surface area contributed by atoms with Crippen LogP contribution in [0.5, 0.6) is 0 Å². The summed E-state index contributed by atoms with van der Waals surface area (Å²) in [4.78, 5) is 38.5. The number of esters is 1. The lowest BCUT2D eigenvalue weighted by atomic mass is 9.56. The van der Waals surface area contributed by atoms with Crippen molar-refractivity contribution in [2.75, 3.05) is 6.61 Å². The van der Waals surface area contributed by atoms with Crippen molar-refractivity contribution >= 4 is 29.2 Å². The number of hydrogen-bond donors (Lipinski definition) is 0. The predicted octanol–water partition coefficient (Wildman–Crippen LogP) is 9.05. The fourth-order valence-corrected chi connectivity index (χ4v) is 12.9. The van der Waals surface area contributed by atoms with Gasteiger partial charge in [0, 0.05) is 34.7 Å². The summed E-state index contributed by atoms with van der Waals surface area (Å²) in [5, 5.41) is 0.765. The van der Waals surface area contributed by atoms with Gasteiger partial charge in [0.1, 0.15) is 0 Å². The van der Waals surface area contributed by atoms with Gasteiger partial charge in [-0.1, -0.05) is 50.9 Å². The maximum absolute atomic E-state index is 13.5. The molecule has 2 unspecified atom stereocenters. The Morgan fingerprint density at radius 1 is 0.698 bits per heavy atom. The number of ether oxygens (including phenoxy) is 5. The topological polar surface area (TPSA) is 100 Å². The van der Waals surface area contributed by atoms with Crippen molar-refractivity contribution in [2.45, 2.75) is 153 Å². The van der Waals surface area contributed by atoms with Gasteiger partial charge in [-0.05, 0) is 125 Å². The molecule has 16 atom stereocenters. The molecule has 10 fully saturated rings. The van der Waals surface area contributed by atoms with Crippen molar-refractivity contribution in [3.8, 4) is 0 Å². The van der Waals surface area contributed by atoms with E-state index in [2.05, 4.69) is 27.7 Å². The lowest BCUT2D eigenvalue weighted by molar-refractivity contribution is -0.571. The quantitative estimate of drug-likeness (QED) is 0.197. The van der Waals surface area contributed by atoms with Gasteiger partial charge in [0.05, 0.1) is 24.4 Å². The minimum atomic E-state index is -0.854. The molecule has 1 aromatic rings. The molecule has 11 rings (SSSR count). The lowest BCUT2D eigenvalue weighted by Crippen LogP contribution is -2.70. The van der Waals surface area contributed by atoms with Gasteiger partial charge in [-0.15, -0.1) is 0 Å². The van der Waals surface area contributed by atoms with E-state index < -0.39 is 41.3 Å². The summed E-state index contributed by atoms with van der Waals surface area (Å²) in [6.45, 7) is 13.3. The molecule has 1 aromatic carbocycles. The maximum atomic E-state index is 13.5. The molecule has 8 saturated heterocycles. The van der Waals surface area contributed by atoms with E-state index >= 15 is 0 Å². The van der Waals surface area contributed by atoms with Gasteiger partial charge < -0.3 is 23.7 Å². The van der Waals surface area contributed by atoms with Crippen LogP contribution in [-0.4, -0.2) is 60.1 Å². The maximum Gasteiger partial charge on any atom is 0.338 e. The molecule has 10 nitrogen and oxygen atoms in total. The molecule has 10 aliphatic rings. The first-order valence-electron chi connectivity index (χ1n) is 20.3. The Bertz CT molecular complexity index is 1480. The molecule has 12 heteroatoms. The van der Waals surface area contributed by atoms with Crippen LogP contribution in [0.2, 0.25) is 10.0 Å². The second-order valence-electron chi connectivity index (χ2n) is 18.5. The standard InChI is InChI=1S/C41H56Cl2O10/c1-21-7-9-31-23(3)33(46-36-40(31)29(21)11-13-38(5,48-36)50-52-40)15-25(20-45-35(44)26-17-27(42)19-28(43)18-26)16-34-24(4)32-10-8-22(2)30-12-14-39(6)49-37(47-34)41(30,32)53-51-39/h17-19,21-25,29-34,36-37H,7-16,20H2,1-6H3/t21-,22-,23-,24-,25?,29+,30+,31+,32+,33-,34-,36-,37-,38?,39?,40-,41-/m1/s1. The highest BCUT2D eigenvalue weighted by molar-refractivity contribution is 6.35. The van der Waals surface area contributed by atoms with Crippen molar-refractivity contribution < 1.29 is 48.0 Å². The highest BCUT2D eigenvalue weighted by Gasteiger charge is 2.71. The van der Waals surface area contributed by atoms with E-state index in [1.54, 1.807) is 18.2 Å². The van der Waals surface area contributed by atoms with E-state index in [4.69, 9.17) is 66.4 Å². The van der Waals surface area contributed by atoms with Crippen LogP contribution >= 0.6 is 23.2 Å². The summed E-state index contributed by atoms with van der Waals surface area (Å²) in [7, 11) is 0. The first-order valence-corrected chi connectivity index (χ1v) is 21.0. The third-order valence-corrected chi connectivity index (χ3v) is 15.7. The van der Waals surface area contributed by atoms with Crippen molar-refractivity contribution in [3.05, 3.63) is 33.8 Å². The van der Waals surface area contributed by atoms with Gasteiger partial charge in [-0.25, -0.2) is 24.3 Å². The van der Waals surface area contributed by atoms with Crippen molar-refractivity contribution in [2.24, 2.45) is 53.3 Å². The molecule has 4 bridgehead atoms. The van der Waals surface area contributed by atoms with Crippen molar-refractivity contribution in [1.29, 1.82) is 0 Å². The summed E-state index contributed by atoms with van der Waals surface area (Å²) in [5.74, 6) is -0.0311. The number of hydrogen-bond acceptors (Lipinski definition) is 10. The highest BCUT2D eigenvalue weighted by Crippen LogP contribution is 2.63. The summed E-state index contributed by atoms with van der Waals surface area (Å²) in [6, 6.07) is 4.78. The molecule has 2 spiro atoms. The Morgan fingerprint density at radius 2 is 1.17 bits per heavy atom. The number of carbonyl (C=O) groups is 1. The van der Waals surface area contributed by atoms with Crippen LogP contribution in [0.15, 0.2) is 18.2 Å². The lowest BCUT2D eigenvalue weighted by Gasteiger charge is -2.61. The second kappa shape index (κ2) is 13.5. The molecule has 0 N–H and O–H groups in total. The summed E-state index contributed by atoms with van der Waals surface area (Å²) >= 11 is 12.5. The van der Waals surface area contributed by atoms with Gasteiger partial charge in [-0.3, -0.25) is 0 Å². The van der Waals surface area contributed by atoms with Crippen LogP contribution in [0.1, 0.15) is 116 Å². The molecule has 294 valence electrons. The number of rotatable bonds is 7. The average Bonchev–Trinajstić information content (AvgIpc) is 3.49. The van der Waals surface area contributed by atoms with E-state index in [1.807, 2.05) is 13.8 Å². The number of halogens is 2. The Morgan fingerprint density at radius 3 is 1.64 bits per heavy atom. The van der Waals surface area contributed by atoms with Crippen LogP contribution in [0.4, 0.5) is 0 Å². The van der Waals surface area contributed by atoms with E-state index in [1.165, 1.54) is 0 Å². The number of benzene rings is 1. The first-order chi connectivity index (χ1) is 25.2. The largest absolute Gasteiger partial charge is 0.462 e.